The second-order valence-corrected chi connectivity index (χ2v) is 3.82. The van der Waals surface area contributed by atoms with Gasteiger partial charge in [-0.2, -0.15) is 0 Å². The SMILES string of the molecule is COc1cc(F)c(-c2nc[nH]c2Br)cc1F. The highest BCUT2D eigenvalue weighted by molar-refractivity contribution is 9.10. The van der Waals surface area contributed by atoms with Gasteiger partial charge in [0.2, 0.25) is 0 Å². The number of rotatable bonds is 2. The van der Waals surface area contributed by atoms with E-state index < -0.39 is 11.6 Å². The van der Waals surface area contributed by atoms with Crippen molar-refractivity contribution in [1.29, 1.82) is 0 Å². The Morgan fingerprint density at radius 3 is 2.62 bits per heavy atom. The van der Waals surface area contributed by atoms with Gasteiger partial charge in [-0.15, -0.1) is 0 Å². The van der Waals surface area contributed by atoms with Gasteiger partial charge >= 0.3 is 0 Å². The molecule has 0 aliphatic carbocycles. The molecule has 6 heteroatoms. The highest BCUT2D eigenvalue weighted by atomic mass is 79.9. The molecule has 3 nitrogen and oxygen atoms in total. The predicted octanol–water partition coefficient (Wildman–Crippen LogP) is 3.13. The molecular formula is C10H7BrF2N2O. The van der Waals surface area contributed by atoms with E-state index in [0.717, 1.165) is 12.1 Å². The van der Waals surface area contributed by atoms with Crippen molar-refractivity contribution in [1.82, 2.24) is 9.97 Å². The molecule has 0 fully saturated rings. The molecule has 1 aromatic heterocycles. The van der Waals surface area contributed by atoms with Crippen molar-refractivity contribution < 1.29 is 13.5 Å². The molecule has 1 aromatic carbocycles. The summed E-state index contributed by atoms with van der Waals surface area (Å²) in [6.45, 7) is 0. The Kier molecular flexibility index (Phi) is 2.91. The van der Waals surface area contributed by atoms with E-state index in [1.54, 1.807) is 0 Å². The zero-order chi connectivity index (χ0) is 11.7. The van der Waals surface area contributed by atoms with Crippen molar-refractivity contribution in [3.8, 4) is 17.0 Å². The average molecular weight is 289 g/mol. The maximum absolute atomic E-state index is 13.6. The van der Waals surface area contributed by atoms with E-state index in [0.29, 0.717) is 10.3 Å². The molecule has 0 saturated heterocycles. The number of hydrogen-bond acceptors (Lipinski definition) is 2. The number of H-pyrrole nitrogens is 1. The molecule has 84 valence electrons. The van der Waals surface area contributed by atoms with Crippen LogP contribution in [-0.4, -0.2) is 17.1 Å². The van der Waals surface area contributed by atoms with Crippen molar-refractivity contribution in [2.24, 2.45) is 0 Å². The smallest absolute Gasteiger partial charge is 0.165 e. The van der Waals surface area contributed by atoms with Crippen LogP contribution in [0.4, 0.5) is 8.78 Å². The molecule has 0 radical (unpaired) electrons. The van der Waals surface area contributed by atoms with Crippen molar-refractivity contribution >= 4 is 15.9 Å². The van der Waals surface area contributed by atoms with Gasteiger partial charge in [0.15, 0.2) is 11.6 Å². The first-order valence-corrected chi connectivity index (χ1v) is 5.15. The summed E-state index contributed by atoms with van der Waals surface area (Å²) in [6.07, 6.45) is 1.39. The number of hydrogen-bond donors (Lipinski definition) is 1. The number of halogens is 3. The molecule has 16 heavy (non-hydrogen) atoms. The fourth-order valence-corrected chi connectivity index (χ4v) is 1.75. The Bertz CT molecular complexity index is 528. The number of nitrogens with one attached hydrogen (secondary N) is 1. The molecule has 2 rings (SSSR count). The lowest BCUT2D eigenvalue weighted by atomic mass is 10.1. The minimum Gasteiger partial charge on any atom is -0.494 e. The van der Waals surface area contributed by atoms with Gasteiger partial charge < -0.3 is 9.72 Å². The van der Waals surface area contributed by atoms with E-state index >= 15 is 0 Å². The Balaban J connectivity index is 2.59. The molecule has 0 atom stereocenters. The summed E-state index contributed by atoms with van der Waals surface area (Å²) in [5.74, 6) is -1.35. The molecule has 0 aliphatic rings. The van der Waals surface area contributed by atoms with Crippen LogP contribution in [0.1, 0.15) is 0 Å². The predicted molar refractivity (Wildman–Crippen MR) is 58.2 cm³/mol. The van der Waals surface area contributed by atoms with Gasteiger partial charge in [0.05, 0.1) is 13.4 Å². The van der Waals surface area contributed by atoms with Gasteiger partial charge in [0.1, 0.15) is 16.1 Å². The lowest BCUT2D eigenvalue weighted by Gasteiger charge is -2.05. The van der Waals surface area contributed by atoms with Crippen LogP contribution in [-0.2, 0) is 0 Å². The summed E-state index contributed by atoms with van der Waals surface area (Å²) in [5.41, 5.74) is 0.394. The van der Waals surface area contributed by atoms with Gasteiger partial charge in [-0.1, -0.05) is 0 Å². The van der Waals surface area contributed by atoms with E-state index in [-0.39, 0.29) is 11.3 Å². The summed E-state index contributed by atoms with van der Waals surface area (Å²) >= 11 is 3.16. The van der Waals surface area contributed by atoms with E-state index in [2.05, 4.69) is 30.6 Å². The first-order chi connectivity index (χ1) is 7.63. The van der Waals surface area contributed by atoms with Crippen molar-refractivity contribution in [2.75, 3.05) is 7.11 Å². The molecule has 0 spiro atoms. The summed E-state index contributed by atoms with van der Waals surface area (Å²) in [4.78, 5) is 6.62. The third-order valence-corrected chi connectivity index (χ3v) is 2.69. The molecule has 0 bridgehead atoms. The van der Waals surface area contributed by atoms with Crippen molar-refractivity contribution in [2.45, 2.75) is 0 Å². The molecule has 1 heterocycles. The van der Waals surface area contributed by atoms with Crippen LogP contribution in [0.3, 0.4) is 0 Å². The first kappa shape index (κ1) is 11.1. The Hall–Kier alpha value is -1.43. The summed E-state index contributed by atoms with van der Waals surface area (Å²) in [5, 5.41) is 0. The number of imidazole rings is 1. The number of nitrogens with zero attached hydrogens (tertiary/aromatic N) is 1. The van der Waals surface area contributed by atoms with Crippen LogP contribution in [0.15, 0.2) is 23.1 Å². The molecule has 2 aromatic rings. The zero-order valence-corrected chi connectivity index (χ0v) is 9.81. The molecule has 0 amide bonds. The third-order valence-electron chi connectivity index (χ3n) is 2.09. The van der Waals surface area contributed by atoms with Crippen molar-refractivity contribution in [3.63, 3.8) is 0 Å². The number of benzene rings is 1. The van der Waals surface area contributed by atoms with E-state index in [9.17, 15) is 8.78 Å². The van der Waals surface area contributed by atoms with Crippen LogP contribution >= 0.6 is 15.9 Å². The topological polar surface area (TPSA) is 37.9 Å². The van der Waals surface area contributed by atoms with Gasteiger partial charge in [-0.25, -0.2) is 13.8 Å². The fraction of sp³-hybridized carbons (Fsp3) is 0.100. The number of aromatic nitrogens is 2. The lowest BCUT2D eigenvalue weighted by Crippen LogP contribution is -1.93. The molecule has 0 unspecified atom stereocenters. The Morgan fingerprint density at radius 1 is 1.31 bits per heavy atom. The minimum absolute atomic E-state index is 0.0754. The molecule has 0 aliphatic heterocycles. The van der Waals surface area contributed by atoms with Crippen LogP contribution < -0.4 is 4.74 Å². The quantitative estimate of drug-likeness (QED) is 0.922. The third kappa shape index (κ3) is 1.80. The van der Waals surface area contributed by atoms with E-state index in [1.165, 1.54) is 13.4 Å². The highest BCUT2D eigenvalue weighted by Crippen LogP contribution is 2.31. The van der Waals surface area contributed by atoms with Gasteiger partial charge in [0, 0.05) is 11.6 Å². The van der Waals surface area contributed by atoms with E-state index in [4.69, 9.17) is 0 Å². The van der Waals surface area contributed by atoms with Gasteiger partial charge in [-0.3, -0.25) is 0 Å². The standard InChI is InChI=1S/C10H7BrF2N2O/c1-16-8-3-6(12)5(2-7(8)13)9-10(11)15-4-14-9/h2-4H,1H3,(H,14,15). The molecule has 1 N–H and O–H groups in total. The summed E-state index contributed by atoms with van der Waals surface area (Å²) in [6, 6.07) is 2.04. The summed E-state index contributed by atoms with van der Waals surface area (Å²) in [7, 11) is 1.28. The van der Waals surface area contributed by atoms with Crippen LogP contribution in [0.2, 0.25) is 0 Å². The summed E-state index contributed by atoms with van der Waals surface area (Å²) < 4.78 is 32.2. The Morgan fingerprint density at radius 2 is 2.06 bits per heavy atom. The second kappa shape index (κ2) is 4.21. The Labute approximate surface area is 98.6 Å². The second-order valence-electron chi connectivity index (χ2n) is 3.03. The minimum atomic E-state index is -0.631. The largest absolute Gasteiger partial charge is 0.494 e. The maximum atomic E-state index is 13.6. The molecular weight excluding hydrogens is 282 g/mol. The number of aromatic amines is 1. The molecule has 0 saturated carbocycles. The highest BCUT2D eigenvalue weighted by Gasteiger charge is 2.15. The van der Waals surface area contributed by atoms with Gasteiger partial charge in [-0.05, 0) is 22.0 Å². The maximum Gasteiger partial charge on any atom is 0.165 e. The first-order valence-electron chi connectivity index (χ1n) is 4.35. The zero-order valence-electron chi connectivity index (χ0n) is 8.22. The average Bonchev–Trinajstić information content (AvgIpc) is 2.67. The van der Waals surface area contributed by atoms with Crippen LogP contribution in [0, 0.1) is 11.6 Å². The fourth-order valence-electron chi connectivity index (χ4n) is 1.33. The lowest BCUT2D eigenvalue weighted by molar-refractivity contribution is 0.383. The monoisotopic (exact) mass is 288 g/mol. The van der Waals surface area contributed by atoms with Gasteiger partial charge in [0.25, 0.3) is 0 Å². The van der Waals surface area contributed by atoms with E-state index in [1.807, 2.05) is 0 Å². The van der Waals surface area contributed by atoms with Crippen molar-refractivity contribution in [3.05, 3.63) is 34.7 Å². The number of methoxy groups -OCH3 is 1. The van der Waals surface area contributed by atoms with Crippen LogP contribution in [0.25, 0.3) is 11.3 Å². The normalized spacial score (nSPS) is 10.5. The van der Waals surface area contributed by atoms with Crippen LogP contribution in [0.5, 0.6) is 5.75 Å². The number of ether oxygens (including phenoxy) is 1.